The highest BCUT2D eigenvalue weighted by molar-refractivity contribution is 6.30. The van der Waals surface area contributed by atoms with E-state index in [0.29, 0.717) is 22.6 Å². The van der Waals surface area contributed by atoms with E-state index < -0.39 is 0 Å². The van der Waals surface area contributed by atoms with E-state index in [1.165, 1.54) is 36.7 Å². The van der Waals surface area contributed by atoms with Crippen molar-refractivity contribution in [2.45, 2.75) is 19.9 Å². The number of pyridine rings is 1. The fourth-order valence-corrected chi connectivity index (χ4v) is 4.19. The predicted octanol–water partition coefficient (Wildman–Crippen LogP) is 2.06. The summed E-state index contributed by atoms with van der Waals surface area (Å²) in [6.07, 6.45) is 5.95. The third-order valence-corrected chi connectivity index (χ3v) is 5.94. The molecule has 2 aliphatic rings. The highest BCUT2D eigenvalue weighted by atomic mass is 35.5. The summed E-state index contributed by atoms with van der Waals surface area (Å²) in [6, 6.07) is 3.77. The molecule has 160 valence electrons. The number of fused-ring (bicyclic) bond motifs is 2. The van der Waals surface area contributed by atoms with E-state index in [4.69, 9.17) is 16.1 Å². The summed E-state index contributed by atoms with van der Waals surface area (Å²) in [5.74, 6) is 3.29. The Morgan fingerprint density at radius 2 is 2.03 bits per heavy atom. The van der Waals surface area contributed by atoms with Gasteiger partial charge in [-0.3, -0.25) is 9.36 Å². The van der Waals surface area contributed by atoms with Gasteiger partial charge in [-0.05, 0) is 37.3 Å². The smallest absolute Gasteiger partial charge is 0.265 e. The normalized spacial score (nSPS) is 19.3. The van der Waals surface area contributed by atoms with E-state index in [9.17, 15) is 4.79 Å². The topological polar surface area (TPSA) is 108 Å². The van der Waals surface area contributed by atoms with Crippen molar-refractivity contribution in [3.05, 3.63) is 57.9 Å². The summed E-state index contributed by atoms with van der Waals surface area (Å²) in [6.45, 7) is 4.34. The highest BCUT2D eigenvalue weighted by Gasteiger charge is 2.45. The van der Waals surface area contributed by atoms with Crippen LogP contribution in [-0.2, 0) is 13.6 Å². The van der Waals surface area contributed by atoms with Crippen LogP contribution < -0.4 is 10.5 Å². The molecule has 2 unspecified atom stereocenters. The molecule has 0 bridgehead atoms. The molecule has 2 atom stereocenters. The Morgan fingerprint density at radius 1 is 1.23 bits per heavy atom. The molecule has 1 aliphatic carbocycles. The van der Waals surface area contributed by atoms with Gasteiger partial charge in [0, 0.05) is 31.4 Å². The van der Waals surface area contributed by atoms with Gasteiger partial charge in [-0.25, -0.2) is 14.6 Å². The van der Waals surface area contributed by atoms with Gasteiger partial charge >= 0.3 is 0 Å². The van der Waals surface area contributed by atoms with E-state index in [-0.39, 0.29) is 12.1 Å². The van der Waals surface area contributed by atoms with Gasteiger partial charge in [0.1, 0.15) is 24.1 Å². The van der Waals surface area contributed by atoms with Gasteiger partial charge in [-0.15, -0.1) is 0 Å². The van der Waals surface area contributed by atoms with Crippen LogP contribution in [0.25, 0.3) is 11.0 Å². The van der Waals surface area contributed by atoms with Gasteiger partial charge in [0.05, 0.1) is 5.69 Å². The summed E-state index contributed by atoms with van der Waals surface area (Å²) in [4.78, 5) is 27.0. The fraction of sp³-hybridized carbons (Fsp3) is 0.400. The van der Waals surface area contributed by atoms with Crippen molar-refractivity contribution in [2.75, 3.05) is 18.0 Å². The minimum absolute atomic E-state index is 0.163. The average Bonchev–Trinajstić information content (AvgIpc) is 3.11. The molecule has 11 heteroatoms. The third kappa shape index (κ3) is 3.90. The van der Waals surface area contributed by atoms with Crippen molar-refractivity contribution in [2.24, 2.45) is 18.9 Å². The Hall–Kier alpha value is -3.27. The second-order valence-electron chi connectivity index (χ2n) is 7.91. The quantitative estimate of drug-likeness (QED) is 0.476. The Bertz CT molecular complexity index is 1270. The van der Waals surface area contributed by atoms with Crippen LogP contribution >= 0.6 is 11.6 Å². The SMILES string of the molecule is Cc1nn(C)c2ncn(Cc3ncno3)c(=O)c12.Clc1ccnc(N2CC3CC3C2)c1. The van der Waals surface area contributed by atoms with Crippen LogP contribution in [0.3, 0.4) is 0 Å². The van der Waals surface area contributed by atoms with Crippen LogP contribution in [0.1, 0.15) is 18.0 Å². The van der Waals surface area contributed by atoms with Gasteiger partial charge in [-0.2, -0.15) is 10.1 Å². The lowest BCUT2D eigenvalue weighted by Crippen LogP contribution is -2.22. The van der Waals surface area contributed by atoms with Crippen molar-refractivity contribution >= 4 is 28.5 Å². The molecule has 6 rings (SSSR count). The maximum absolute atomic E-state index is 12.3. The second-order valence-corrected chi connectivity index (χ2v) is 8.35. The van der Waals surface area contributed by atoms with Crippen molar-refractivity contribution in [3.63, 3.8) is 0 Å². The lowest BCUT2D eigenvalue weighted by Gasteiger charge is -2.18. The minimum atomic E-state index is -0.163. The van der Waals surface area contributed by atoms with Crippen LogP contribution in [0.5, 0.6) is 0 Å². The zero-order chi connectivity index (χ0) is 21.5. The van der Waals surface area contributed by atoms with E-state index >= 15 is 0 Å². The molecular weight excluding hydrogens is 420 g/mol. The van der Waals surface area contributed by atoms with Crippen LogP contribution in [0.4, 0.5) is 5.82 Å². The van der Waals surface area contributed by atoms with Gasteiger partial charge in [-0.1, -0.05) is 16.8 Å². The molecule has 2 fully saturated rings. The molecule has 1 saturated heterocycles. The first-order chi connectivity index (χ1) is 15.0. The van der Waals surface area contributed by atoms with Crippen LogP contribution in [-0.4, -0.2) is 47.5 Å². The van der Waals surface area contributed by atoms with Gasteiger partial charge < -0.3 is 9.42 Å². The molecule has 0 N–H and O–H groups in total. The maximum atomic E-state index is 12.3. The first kappa shape index (κ1) is 19.7. The van der Waals surface area contributed by atoms with Crippen molar-refractivity contribution < 1.29 is 4.52 Å². The molecule has 0 aromatic carbocycles. The first-order valence-electron chi connectivity index (χ1n) is 10.0. The third-order valence-electron chi connectivity index (χ3n) is 5.71. The van der Waals surface area contributed by atoms with Gasteiger partial charge in [0.15, 0.2) is 12.0 Å². The van der Waals surface area contributed by atoms with E-state index in [1.807, 2.05) is 12.1 Å². The summed E-state index contributed by atoms with van der Waals surface area (Å²) in [5, 5.41) is 8.97. The summed E-state index contributed by atoms with van der Waals surface area (Å²) < 4.78 is 7.88. The average molecular weight is 441 g/mol. The number of halogens is 1. The molecule has 4 aromatic rings. The number of nitrogens with zero attached hydrogens (tertiary/aromatic N) is 8. The molecule has 4 aromatic heterocycles. The molecule has 0 radical (unpaired) electrons. The van der Waals surface area contributed by atoms with Crippen LogP contribution in [0, 0.1) is 18.8 Å². The molecule has 5 heterocycles. The molecular formula is C20H21ClN8O2. The second kappa shape index (κ2) is 7.77. The summed E-state index contributed by atoms with van der Waals surface area (Å²) >= 11 is 5.90. The Kier molecular flexibility index (Phi) is 4.93. The molecule has 31 heavy (non-hydrogen) atoms. The Morgan fingerprint density at radius 3 is 2.74 bits per heavy atom. The van der Waals surface area contributed by atoms with Crippen molar-refractivity contribution in [1.82, 2.24) is 34.5 Å². The monoisotopic (exact) mass is 440 g/mol. The first-order valence-corrected chi connectivity index (χ1v) is 10.4. The Labute approximate surface area is 182 Å². The Balaban J connectivity index is 0.000000138. The molecule has 0 amide bonds. The molecule has 1 saturated carbocycles. The standard InChI is InChI=1S/C10H11ClN2.C10H10N6O2/c11-9-1-2-12-10(4-9)13-5-7-3-8(7)6-13;1-6-8-9(15(2)14-6)12-5-16(10(8)17)3-7-11-4-13-18-7/h1-2,4,7-8H,3,5-6H2;4-5H,3H2,1-2H3. The van der Waals surface area contributed by atoms with Crippen molar-refractivity contribution in [3.8, 4) is 0 Å². The number of piperidine rings is 1. The van der Waals surface area contributed by atoms with Crippen LogP contribution in [0.2, 0.25) is 5.02 Å². The predicted molar refractivity (Wildman–Crippen MR) is 114 cm³/mol. The number of aryl methyl sites for hydroxylation is 2. The van der Waals surface area contributed by atoms with Gasteiger partial charge in [0.25, 0.3) is 5.56 Å². The number of hydrogen-bond acceptors (Lipinski definition) is 8. The lowest BCUT2D eigenvalue weighted by molar-refractivity contribution is 0.368. The van der Waals surface area contributed by atoms with Crippen molar-refractivity contribution in [1.29, 1.82) is 0 Å². The zero-order valence-corrected chi connectivity index (χ0v) is 17.9. The number of rotatable bonds is 3. The highest BCUT2D eigenvalue weighted by Crippen LogP contribution is 2.45. The lowest BCUT2D eigenvalue weighted by atomic mass is 10.3. The maximum Gasteiger partial charge on any atom is 0.265 e. The van der Waals surface area contributed by atoms with E-state index in [0.717, 1.165) is 22.7 Å². The zero-order valence-electron chi connectivity index (χ0n) is 17.1. The summed E-state index contributed by atoms with van der Waals surface area (Å²) in [7, 11) is 1.75. The molecule has 10 nitrogen and oxygen atoms in total. The summed E-state index contributed by atoms with van der Waals surface area (Å²) in [5.41, 5.74) is 1.06. The number of anilines is 1. The number of aromatic nitrogens is 7. The molecule has 0 spiro atoms. The van der Waals surface area contributed by atoms with Gasteiger partial charge in [0.2, 0.25) is 5.89 Å². The fourth-order valence-electron chi connectivity index (χ4n) is 4.04. The largest absolute Gasteiger partial charge is 0.356 e. The molecule has 1 aliphatic heterocycles. The minimum Gasteiger partial charge on any atom is -0.356 e. The van der Waals surface area contributed by atoms with Crippen LogP contribution in [0.15, 0.2) is 40.3 Å². The van der Waals surface area contributed by atoms with E-state index in [1.54, 1.807) is 24.9 Å². The van der Waals surface area contributed by atoms with E-state index in [2.05, 4.69) is 30.1 Å². The number of hydrogen-bond donors (Lipinski definition) is 0.